The third-order valence-corrected chi connectivity index (χ3v) is 4.44. The molecule has 2 heterocycles. The van der Waals surface area contributed by atoms with Crippen LogP contribution in [0.15, 0.2) is 72.8 Å². The SMILES string of the molecule is Cl.c1ccc(-c2nc(Nc3ccc4c(c3)OCCO4)c3ccccc3n2)cc1. The van der Waals surface area contributed by atoms with E-state index in [1.807, 2.05) is 72.8 Å². The van der Waals surface area contributed by atoms with Crippen molar-refractivity contribution < 1.29 is 9.47 Å². The summed E-state index contributed by atoms with van der Waals surface area (Å²) in [7, 11) is 0. The molecule has 1 aliphatic heterocycles. The molecule has 5 nitrogen and oxygen atoms in total. The number of para-hydroxylation sites is 1. The van der Waals surface area contributed by atoms with Gasteiger partial charge in [0.25, 0.3) is 0 Å². The van der Waals surface area contributed by atoms with Gasteiger partial charge in [-0.1, -0.05) is 42.5 Å². The molecule has 0 atom stereocenters. The van der Waals surface area contributed by atoms with Gasteiger partial charge in [-0.3, -0.25) is 0 Å². The first-order chi connectivity index (χ1) is 13.4. The predicted octanol–water partition coefficient (Wildman–Crippen LogP) is 5.23. The summed E-state index contributed by atoms with van der Waals surface area (Å²) in [5.74, 6) is 2.96. The summed E-state index contributed by atoms with van der Waals surface area (Å²) in [6.45, 7) is 1.14. The summed E-state index contributed by atoms with van der Waals surface area (Å²) in [6.07, 6.45) is 0. The van der Waals surface area contributed by atoms with Crippen molar-refractivity contribution in [2.45, 2.75) is 0 Å². The van der Waals surface area contributed by atoms with Crippen LogP contribution in [0.4, 0.5) is 11.5 Å². The second-order valence-corrected chi connectivity index (χ2v) is 6.26. The highest BCUT2D eigenvalue weighted by Gasteiger charge is 2.14. The monoisotopic (exact) mass is 391 g/mol. The Bertz CT molecular complexity index is 1120. The van der Waals surface area contributed by atoms with Crippen molar-refractivity contribution in [3.8, 4) is 22.9 Å². The van der Waals surface area contributed by atoms with Gasteiger partial charge in [0.05, 0.1) is 5.52 Å². The number of hydrogen-bond acceptors (Lipinski definition) is 5. The van der Waals surface area contributed by atoms with Crippen LogP contribution in [0.3, 0.4) is 0 Å². The van der Waals surface area contributed by atoms with Crippen LogP contribution in [0.5, 0.6) is 11.5 Å². The number of anilines is 2. The molecule has 1 N–H and O–H groups in total. The second kappa shape index (κ2) is 7.74. The summed E-state index contributed by atoms with van der Waals surface area (Å²) in [5.41, 5.74) is 2.77. The number of rotatable bonds is 3. The van der Waals surface area contributed by atoms with Gasteiger partial charge < -0.3 is 14.8 Å². The number of nitrogens with one attached hydrogen (secondary N) is 1. The summed E-state index contributed by atoms with van der Waals surface area (Å²) in [4.78, 5) is 9.51. The van der Waals surface area contributed by atoms with Crippen LogP contribution in [-0.2, 0) is 0 Å². The molecule has 28 heavy (non-hydrogen) atoms. The average Bonchev–Trinajstić information content (AvgIpc) is 2.74. The Kier molecular flexibility index (Phi) is 5.00. The quantitative estimate of drug-likeness (QED) is 0.518. The van der Waals surface area contributed by atoms with Gasteiger partial charge in [-0.05, 0) is 24.3 Å². The van der Waals surface area contributed by atoms with Crippen molar-refractivity contribution in [1.29, 1.82) is 0 Å². The van der Waals surface area contributed by atoms with Gasteiger partial charge in [0.1, 0.15) is 19.0 Å². The van der Waals surface area contributed by atoms with Gasteiger partial charge in [0.15, 0.2) is 17.3 Å². The molecule has 0 bridgehead atoms. The molecule has 0 aliphatic carbocycles. The van der Waals surface area contributed by atoms with Crippen molar-refractivity contribution in [2.75, 3.05) is 18.5 Å². The number of benzene rings is 3. The molecule has 0 saturated heterocycles. The van der Waals surface area contributed by atoms with E-state index in [1.165, 1.54) is 0 Å². The molecule has 0 spiro atoms. The van der Waals surface area contributed by atoms with Crippen LogP contribution in [0, 0.1) is 0 Å². The molecule has 1 aromatic heterocycles. The minimum atomic E-state index is 0. The highest BCUT2D eigenvalue weighted by Crippen LogP contribution is 2.34. The van der Waals surface area contributed by atoms with Gasteiger partial charge in [-0.15, -0.1) is 12.4 Å². The summed E-state index contributed by atoms with van der Waals surface area (Å²) in [5, 5.41) is 4.39. The topological polar surface area (TPSA) is 56.3 Å². The number of aromatic nitrogens is 2. The number of ether oxygens (including phenoxy) is 2. The standard InChI is InChI=1S/C22H17N3O2.ClH/c1-2-6-15(7-3-1)21-24-18-9-5-4-8-17(18)22(25-21)23-16-10-11-19-20(14-16)27-13-12-26-19;/h1-11,14H,12-13H2,(H,23,24,25);1H. The van der Waals surface area contributed by atoms with Gasteiger partial charge in [0, 0.05) is 22.7 Å². The van der Waals surface area contributed by atoms with E-state index in [-0.39, 0.29) is 12.4 Å². The molecule has 5 rings (SSSR count). The Labute approximate surface area is 168 Å². The lowest BCUT2D eigenvalue weighted by atomic mass is 10.1. The zero-order valence-corrected chi connectivity index (χ0v) is 15.8. The Balaban J connectivity index is 0.00000192. The van der Waals surface area contributed by atoms with E-state index in [1.54, 1.807) is 0 Å². The fourth-order valence-corrected chi connectivity index (χ4v) is 3.15. The van der Waals surface area contributed by atoms with E-state index in [9.17, 15) is 0 Å². The fourth-order valence-electron chi connectivity index (χ4n) is 3.15. The van der Waals surface area contributed by atoms with Crippen LogP contribution >= 0.6 is 12.4 Å². The summed E-state index contributed by atoms with van der Waals surface area (Å²) >= 11 is 0. The van der Waals surface area contributed by atoms with E-state index in [2.05, 4.69) is 5.32 Å². The van der Waals surface area contributed by atoms with Gasteiger partial charge in [-0.2, -0.15) is 0 Å². The molecule has 0 fully saturated rings. The molecule has 0 saturated carbocycles. The third-order valence-electron chi connectivity index (χ3n) is 4.44. The van der Waals surface area contributed by atoms with Crippen molar-refractivity contribution in [3.05, 3.63) is 72.8 Å². The minimum absolute atomic E-state index is 0. The highest BCUT2D eigenvalue weighted by atomic mass is 35.5. The Morgan fingerprint density at radius 2 is 1.50 bits per heavy atom. The number of hydrogen-bond donors (Lipinski definition) is 1. The maximum Gasteiger partial charge on any atom is 0.163 e. The lowest BCUT2D eigenvalue weighted by Gasteiger charge is -2.19. The lowest BCUT2D eigenvalue weighted by Crippen LogP contribution is -2.15. The van der Waals surface area contributed by atoms with Crippen LogP contribution < -0.4 is 14.8 Å². The zero-order chi connectivity index (χ0) is 18.1. The Hall–Kier alpha value is -3.31. The fraction of sp³-hybridized carbons (Fsp3) is 0.0909. The maximum atomic E-state index is 5.68. The zero-order valence-electron chi connectivity index (χ0n) is 15.0. The first kappa shape index (κ1) is 18.1. The van der Waals surface area contributed by atoms with Crippen LogP contribution in [-0.4, -0.2) is 23.2 Å². The van der Waals surface area contributed by atoms with Crippen molar-refractivity contribution >= 4 is 34.8 Å². The highest BCUT2D eigenvalue weighted by molar-refractivity contribution is 5.92. The molecular weight excluding hydrogens is 374 g/mol. The van der Waals surface area contributed by atoms with E-state index in [4.69, 9.17) is 19.4 Å². The number of halogens is 1. The molecule has 4 aromatic rings. The van der Waals surface area contributed by atoms with Gasteiger partial charge >= 0.3 is 0 Å². The van der Waals surface area contributed by atoms with Crippen molar-refractivity contribution in [2.24, 2.45) is 0 Å². The van der Waals surface area contributed by atoms with E-state index < -0.39 is 0 Å². The molecular formula is C22H18ClN3O2. The van der Waals surface area contributed by atoms with Crippen molar-refractivity contribution in [3.63, 3.8) is 0 Å². The molecule has 0 unspecified atom stereocenters. The number of fused-ring (bicyclic) bond motifs is 2. The van der Waals surface area contributed by atoms with Crippen molar-refractivity contribution in [1.82, 2.24) is 9.97 Å². The Morgan fingerprint density at radius 3 is 2.36 bits per heavy atom. The minimum Gasteiger partial charge on any atom is -0.486 e. The molecule has 0 amide bonds. The van der Waals surface area contributed by atoms with E-state index in [0.717, 1.165) is 39.5 Å². The first-order valence-electron chi connectivity index (χ1n) is 8.86. The van der Waals surface area contributed by atoms with Crippen LogP contribution in [0.2, 0.25) is 0 Å². The van der Waals surface area contributed by atoms with E-state index >= 15 is 0 Å². The normalized spacial score (nSPS) is 12.3. The van der Waals surface area contributed by atoms with Gasteiger partial charge in [-0.25, -0.2) is 9.97 Å². The number of nitrogens with zero attached hydrogens (tertiary/aromatic N) is 2. The molecule has 0 radical (unpaired) electrons. The largest absolute Gasteiger partial charge is 0.486 e. The average molecular weight is 392 g/mol. The van der Waals surface area contributed by atoms with Crippen LogP contribution in [0.25, 0.3) is 22.3 Å². The maximum absolute atomic E-state index is 5.68. The second-order valence-electron chi connectivity index (χ2n) is 6.26. The third kappa shape index (κ3) is 3.44. The van der Waals surface area contributed by atoms with E-state index in [0.29, 0.717) is 19.0 Å². The smallest absolute Gasteiger partial charge is 0.163 e. The van der Waals surface area contributed by atoms with Crippen LogP contribution in [0.1, 0.15) is 0 Å². The Morgan fingerprint density at radius 1 is 0.750 bits per heavy atom. The lowest BCUT2D eigenvalue weighted by molar-refractivity contribution is 0.171. The summed E-state index contributed by atoms with van der Waals surface area (Å²) in [6, 6.07) is 23.8. The predicted molar refractivity (Wildman–Crippen MR) is 113 cm³/mol. The van der Waals surface area contributed by atoms with Gasteiger partial charge in [0.2, 0.25) is 0 Å². The molecule has 3 aromatic carbocycles. The summed E-state index contributed by atoms with van der Waals surface area (Å²) < 4.78 is 11.3. The molecule has 1 aliphatic rings. The first-order valence-corrected chi connectivity index (χ1v) is 8.86. The molecule has 6 heteroatoms. The molecule has 140 valence electrons.